The Bertz CT molecular complexity index is 1060. The van der Waals surface area contributed by atoms with Crippen molar-refractivity contribution in [1.82, 2.24) is 14.5 Å². The summed E-state index contributed by atoms with van der Waals surface area (Å²) in [4.78, 5) is 7.32. The topological polar surface area (TPSA) is 44.9 Å². The number of rotatable bonds is 3. The Balaban J connectivity index is 1.58. The molecule has 1 saturated heterocycles. The lowest BCUT2D eigenvalue weighted by atomic mass is 9.99. The van der Waals surface area contributed by atoms with E-state index in [1.54, 1.807) is 0 Å². The lowest BCUT2D eigenvalue weighted by Gasteiger charge is -2.33. The van der Waals surface area contributed by atoms with E-state index < -0.39 is 0 Å². The first kappa shape index (κ1) is 18.3. The Morgan fingerprint density at radius 3 is 2.93 bits per heavy atom. The molecular weight excluding hydrogens is 372 g/mol. The van der Waals surface area contributed by atoms with Gasteiger partial charge in [-0.05, 0) is 57.0 Å². The summed E-state index contributed by atoms with van der Waals surface area (Å²) < 4.78 is 4.01. The average Bonchev–Trinajstić information content (AvgIpc) is 3.10. The van der Waals surface area contributed by atoms with Crippen LogP contribution in [0.15, 0.2) is 30.3 Å². The molecule has 1 aliphatic heterocycles. The van der Waals surface area contributed by atoms with Crippen molar-refractivity contribution in [2.75, 3.05) is 13.1 Å². The summed E-state index contributed by atoms with van der Waals surface area (Å²) in [5, 5.41) is 10.7. The quantitative estimate of drug-likeness (QED) is 0.576. The third-order valence-electron chi connectivity index (χ3n) is 5.32. The highest BCUT2D eigenvalue weighted by Gasteiger charge is 2.24. The number of hydrogen-bond donors (Lipinski definition) is 0. The molecule has 0 radical (unpaired) electrons. The lowest BCUT2D eigenvalue weighted by Crippen LogP contribution is -2.36. The molecule has 0 amide bonds. The predicted octanol–water partition coefficient (Wildman–Crippen LogP) is 5.15. The van der Waals surface area contributed by atoms with Gasteiger partial charge in [0.25, 0.3) is 0 Å². The fourth-order valence-electron chi connectivity index (χ4n) is 3.89. The average molecular weight is 395 g/mol. The van der Waals surface area contributed by atoms with Crippen LogP contribution < -0.4 is 0 Å². The van der Waals surface area contributed by atoms with Gasteiger partial charge in [0, 0.05) is 18.2 Å². The molecule has 0 bridgehead atoms. The standard InChI is InChI=1S/C21H22N4S2/c1-14-10-15(2)25(21(26)17(14)11-22)13-24-9-5-6-16(12-24)20-23-18-7-3-4-8-19(18)27-20/h3-4,7-8,10,16H,5-6,9,12-13H2,1-2H3/t16-/m1/s1. The van der Waals surface area contributed by atoms with Crippen molar-refractivity contribution >= 4 is 33.8 Å². The van der Waals surface area contributed by atoms with Crippen LogP contribution in [0.1, 0.15) is 40.6 Å². The van der Waals surface area contributed by atoms with Crippen LogP contribution in [-0.4, -0.2) is 27.5 Å². The zero-order valence-electron chi connectivity index (χ0n) is 15.6. The number of hydrogen-bond acceptors (Lipinski definition) is 5. The maximum absolute atomic E-state index is 9.43. The van der Waals surface area contributed by atoms with Crippen LogP contribution in [-0.2, 0) is 6.67 Å². The number of aryl methyl sites for hydroxylation is 2. The molecule has 3 heterocycles. The Morgan fingerprint density at radius 1 is 1.33 bits per heavy atom. The van der Waals surface area contributed by atoms with Crippen molar-refractivity contribution in [1.29, 1.82) is 5.26 Å². The molecule has 1 aromatic carbocycles. The lowest BCUT2D eigenvalue weighted by molar-refractivity contribution is 0.163. The van der Waals surface area contributed by atoms with Gasteiger partial charge in [-0.1, -0.05) is 24.4 Å². The maximum atomic E-state index is 9.43. The smallest absolute Gasteiger partial charge is 0.125 e. The fourth-order valence-corrected chi connectivity index (χ4v) is 5.39. The van der Waals surface area contributed by atoms with Crippen LogP contribution in [0.2, 0.25) is 0 Å². The van der Waals surface area contributed by atoms with Crippen LogP contribution in [0.4, 0.5) is 0 Å². The van der Waals surface area contributed by atoms with E-state index in [4.69, 9.17) is 17.2 Å². The van der Waals surface area contributed by atoms with Gasteiger partial charge in [-0.2, -0.15) is 5.26 Å². The molecule has 6 heteroatoms. The Labute approximate surface area is 168 Å². The van der Waals surface area contributed by atoms with Crippen LogP contribution in [0.25, 0.3) is 10.2 Å². The zero-order valence-corrected chi connectivity index (χ0v) is 17.2. The van der Waals surface area contributed by atoms with E-state index in [0.29, 0.717) is 16.1 Å². The van der Waals surface area contributed by atoms with Gasteiger partial charge in [0.1, 0.15) is 10.7 Å². The van der Waals surface area contributed by atoms with Crippen molar-refractivity contribution in [2.24, 2.45) is 0 Å². The fraction of sp³-hybridized carbons (Fsp3) is 0.381. The van der Waals surface area contributed by atoms with Gasteiger partial charge in [0.2, 0.25) is 0 Å². The first-order valence-corrected chi connectivity index (χ1v) is 10.5. The highest BCUT2D eigenvalue weighted by molar-refractivity contribution is 7.71. The minimum Gasteiger partial charge on any atom is -0.322 e. The number of benzene rings is 1. The summed E-state index contributed by atoms with van der Waals surface area (Å²) in [7, 11) is 0. The number of para-hydroxylation sites is 1. The highest BCUT2D eigenvalue weighted by atomic mass is 32.1. The number of thiazole rings is 1. The van der Waals surface area contributed by atoms with E-state index in [0.717, 1.165) is 43.0 Å². The molecule has 138 valence electrons. The largest absolute Gasteiger partial charge is 0.322 e. The number of nitrogens with zero attached hydrogens (tertiary/aromatic N) is 4. The van der Waals surface area contributed by atoms with Crippen molar-refractivity contribution in [3.63, 3.8) is 0 Å². The number of piperidine rings is 1. The molecule has 0 N–H and O–H groups in total. The molecule has 4 rings (SSSR count). The van der Waals surface area contributed by atoms with Crippen LogP contribution in [0.3, 0.4) is 0 Å². The number of aromatic nitrogens is 2. The van der Waals surface area contributed by atoms with Crippen LogP contribution >= 0.6 is 23.6 Å². The first-order chi connectivity index (χ1) is 13.1. The highest BCUT2D eigenvalue weighted by Crippen LogP contribution is 2.33. The second-order valence-electron chi connectivity index (χ2n) is 7.27. The second kappa shape index (κ2) is 7.51. The molecule has 0 unspecified atom stereocenters. The van der Waals surface area contributed by atoms with Gasteiger partial charge in [0.15, 0.2) is 0 Å². The van der Waals surface area contributed by atoms with Gasteiger partial charge in [-0.3, -0.25) is 4.90 Å². The summed E-state index contributed by atoms with van der Waals surface area (Å²) >= 11 is 7.42. The van der Waals surface area contributed by atoms with Crippen molar-refractivity contribution in [3.05, 3.63) is 56.8 Å². The Morgan fingerprint density at radius 2 is 2.15 bits per heavy atom. The van der Waals surface area contributed by atoms with Crippen molar-refractivity contribution in [2.45, 2.75) is 39.3 Å². The molecular formula is C21H22N4S2. The van der Waals surface area contributed by atoms with Gasteiger partial charge < -0.3 is 4.57 Å². The number of pyridine rings is 1. The summed E-state index contributed by atoms with van der Waals surface area (Å²) in [6.45, 7) is 6.80. The molecule has 1 atom stereocenters. The Kier molecular flexibility index (Phi) is 5.09. The summed E-state index contributed by atoms with van der Waals surface area (Å²) in [5.41, 5.74) is 3.79. The van der Waals surface area contributed by atoms with Crippen molar-refractivity contribution in [3.8, 4) is 6.07 Å². The third-order valence-corrected chi connectivity index (χ3v) is 6.95. The van der Waals surface area contributed by atoms with E-state index >= 15 is 0 Å². The predicted molar refractivity (Wildman–Crippen MR) is 113 cm³/mol. The first-order valence-electron chi connectivity index (χ1n) is 9.26. The minimum absolute atomic E-state index is 0.464. The Hall–Kier alpha value is -2.07. The molecule has 0 aliphatic carbocycles. The molecule has 0 saturated carbocycles. The zero-order chi connectivity index (χ0) is 19.0. The number of fused-ring (bicyclic) bond motifs is 1. The SMILES string of the molecule is Cc1cc(C)n(CN2CCC[C@@H](c3nc4ccccc4s3)C2)c(=S)c1C#N. The van der Waals surface area contributed by atoms with Gasteiger partial charge in [0.05, 0.1) is 27.5 Å². The second-order valence-corrected chi connectivity index (χ2v) is 8.72. The third kappa shape index (κ3) is 3.55. The molecule has 1 aliphatic rings. The van der Waals surface area contributed by atoms with Gasteiger partial charge in [-0.25, -0.2) is 4.98 Å². The van der Waals surface area contributed by atoms with Crippen LogP contribution in [0, 0.1) is 29.8 Å². The minimum atomic E-state index is 0.464. The van der Waals surface area contributed by atoms with E-state index in [1.807, 2.05) is 24.3 Å². The van der Waals surface area contributed by atoms with E-state index in [2.05, 4.69) is 46.7 Å². The molecule has 1 fully saturated rings. The molecule has 0 spiro atoms. The number of nitriles is 1. The molecule has 4 nitrogen and oxygen atoms in total. The summed E-state index contributed by atoms with van der Waals surface area (Å²) in [5.74, 6) is 0.464. The van der Waals surface area contributed by atoms with Gasteiger partial charge >= 0.3 is 0 Å². The molecule has 3 aromatic rings. The van der Waals surface area contributed by atoms with E-state index in [9.17, 15) is 5.26 Å². The summed E-state index contributed by atoms with van der Waals surface area (Å²) in [6, 6.07) is 12.7. The van der Waals surface area contributed by atoms with Crippen molar-refractivity contribution < 1.29 is 0 Å². The normalized spacial score (nSPS) is 17.9. The van der Waals surface area contributed by atoms with E-state index in [-0.39, 0.29) is 0 Å². The maximum Gasteiger partial charge on any atom is 0.125 e. The van der Waals surface area contributed by atoms with E-state index in [1.165, 1.54) is 16.1 Å². The number of likely N-dealkylation sites (tertiary alicyclic amines) is 1. The monoisotopic (exact) mass is 394 g/mol. The molecule has 27 heavy (non-hydrogen) atoms. The van der Waals surface area contributed by atoms with Crippen LogP contribution in [0.5, 0.6) is 0 Å². The summed E-state index contributed by atoms with van der Waals surface area (Å²) in [6.07, 6.45) is 2.34. The molecule has 2 aromatic heterocycles. The van der Waals surface area contributed by atoms with Gasteiger partial charge in [-0.15, -0.1) is 11.3 Å².